The van der Waals surface area contributed by atoms with Crippen LogP contribution in [0.5, 0.6) is 5.75 Å². The van der Waals surface area contributed by atoms with Crippen molar-refractivity contribution in [3.05, 3.63) is 65.7 Å². The summed E-state index contributed by atoms with van der Waals surface area (Å²) in [5.41, 5.74) is 2.37. The van der Waals surface area contributed by atoms with Crippen LogP contribution in [0.1, 0.15) is 11.1 Å². The summed E-state index contributed by atoms with van der Waals surface area (Å²) in [6.45, 7) is 6.59. The molecule has 0 atom stereocenters. The second kappa shape index (κ2) is 13.5. The molecule has 2 aromatic rings. The molecule has 1 aliphatic heterocycles. The topological polar surface area (TPSA) is 49.3 Å². The zero-order chi connectivity index (χ0) is 20.3. The van der Waals surface area contributed by atoms with Crippen LogP contribution in [0.15, 0.2) is 59.6 Å². The van der Waals surface area contributed by atoms with Crippen LogP contribution in [0.25, 0.3) is 0 Å². The number of aliphatic imine (C=N–C) groups is 1. The van der Waals surface area contributed by atoms with E-state index < -0.39 is 0 Å². The van der Waals surface area contributed by atoms with Gasteiger partial charge in [-0.15, -0.1) is 24.0 Å². The average Bonchev–Trinajstić information content (AvgIpc) is 2.75. The molecule has 1 N–H and O–H groups in total. The largest absolute Gasteiger partial charge is 0.492 e. The first-order valence-corrected chi connectivity index (χ1v) is 10.2. The highest BCUT2D eigenvalue weighted by Crippen LogP contribution is 2.14. The third-order valence-electron chi connectivity index (χ3n) is 4.81. The standard InChI is InChI=1S/C23H32N4O2.HI/c1-26(2)23(24-18-20-7-4-3-5-8-20)25-19-21-9-6-10-22(17-21)29-16-13-27-11-14-28-15-12-27;/h3-10,17H,11-16,18-19H2,1-2H3,(H,24,25);1H. The van der Waals surface area contributed by atoms with E-state index in [4.69, 9.17) is 14.5 Å². The highest BCUT2D eigenvalue weighted by Gasteiger charge is 2.09. The smallest absolute Gasteiger partial charge is 0.194 e. The summed E-state index contributed by atoms with van der Waals surface area (Å²) in [4.78, 5) is 9.14. The molecule has 1 heterocycles. The molecule has 0 bridgehead atoms. The second-order valence-electron chi connectivity index (χ2n) is 7.32. The Labute approximate surface area is 197 Å². The number of rotatable bonds is 8. The minimum Gasteiger partial charge on any atom is -0.492 e. The van der Waals surface area contributed by atoms with Crippen LogP contribution in [0.4, 0.5) is 0 Å². The zero-order valence-electron chi connectivity index (χ0n) is 17.9. The lowest BCUT2D eigenvalue weighted by atomic mass is 10.2. The molecule has 0 amide bonds. The molecule has 3 rings (SSSR count). The predicted molar refractivity (Wildman–Crippen MR) is 133 cm³/mol. The maximum atomic E-state index is 5.95. The lowest BCUT2D eigenvalue weighted by Gasteiger charge is -2.26. The van der Waals surface area contributed by atoms with Gasteiger partial charge in [-0.3, -0.25) is 4.90 Å². The molecular formula is C23H33IN4O2. The number of ether oxygens (including phenoxy) is 2. The molecule has 1 aliphatic rings. The molecule has 0 saturated carbocycles. The van der Waals surface area contributed by atoms with E-state index in [0.717, 1.165) is 56.7 Å². The Morgan fingerprint density at radius 3 is 2.53 bits per heavy atom. The molecule has 1 saturated heterocycles. The van der Waals surface area contributed by atoms with Gasteiger partial charge in [-0.05, 0) is 23.3 Å². The lowest BCUT2D eigenvalue weighted by molar-refractivity contribution is 0.0322. The first-order valence-electron chi connectivity index (χ1n) is 10.2. The summed E-state index contributed by atoms with van der Waals surface area (Å²) < 4.78 is 11.3. The number of morpholine rings is 1. The SMILES string of the molecule is CN(C)C(=NCc1cccc(OCCN2CCOCC2)c1)NCc1ccccc1.I. The van der Waals surface area contributed by atoms with Gasteiger partial charge in [0.25, 0.3) is 0 Å². The quantitative estimate of drug-likeness (QED) is 0.327. The van der Waals surface area contributed by atoms with E-state index in [1.807, 2.05) is 49.3 Å². The molecule has 0 aliphatic carbocycles. The molecular weight excluding hydrogens is 491 g/mol. The van der Waals surface area contributed by atoms with Gasteiger partial charge < -0.3 is 19.7 Å². The summed E-state index contributed by atoms with van der Waals surface area (Å²) in [6, 6.07) is 18.5. The fourth-order valence-corrected chi connectivity index (χ4v) is 3.15. The van der Waals surface area contributed by atoms with Crippen LogP contribution in [0.3, 0.4) is 0 Å². The van der Waals surface area contributed by atoms with Gasteiger partial charge in [-0.2, -0.15) is 0 Å². The zero-order valence-corrected chi connectivity index (χ0v) is 20.2. The number of benzene rings is 2. The summed E-state index contributed by atoms with van der Waals surface area (Å²) in [5.74, 6) is 1.77. The summed E-state index contributed by atoms with van der Waals surface area (Å²) in [5, 5.41) is 3.42. The Bertz CT molecular complexity index is 765. The maximum absolute atomic E-state index is 5.95. The highest BCUT2D eigenvalue weighted by molar-refractivity contribution is 14.0. The highest BCUT2D eigenvalue weighted by atomic mass is 127. The second-order valence-corrected chi connectivity index (χ2v) is 7.32. The average molecular weight is 524 g/mol. The predicted octanol–water partition coefficient (Wildman–Crippen LogP) is 3.22. The molecule has 0 spiro atoms. The normalized spacial score (nSPS) is 14.7. The van der Waals surface area contributed by atoms with E-state index in [1.54, 1.807) is 0 Å². The van der Waals surface area contributed by atoms with E-state index in [9.17, 15) is 0 Å². The van der Waals surface area contributed by atoms with Crippen molar-refractivity contribution in [1.29, 1.82) is 0 Å². The van der Waals surface area contributed by atoms with Gasteiger partial charge in [0, 0.05) is 40.3 Å². The third-order valence-corrected chi connectivity index (χ3v) is 4.81. The van der Waals surface area contributed by atoms with Gasteiger partial charge in [0.15, 0.2) is 5.96 Å². The summed E-state index contributed by atoms with van der Waals surface area (Å²) in [6.07, 6.45) is 0. The Morgan fingerprint density at radius 2 is 1.80 bits per heavy atom. The molecule has 2 aromatic carbocycles. The van der Waals surface area contributed by atoms with Crippen LogP contribution >= 0.6 is 24.0 Å². The molecule has 6 nitrogen and oxygen atoms in total. The summed E-state index contributed by atoms with van der Waals surface area (Å²) in [7, 11) is 4.00. The van der Waals surface area contributed by atoms with E-state index >= 15 is 0 Å². The van der Waals surface area contributed by atoms with E-state index in [1.165, 1.54) is 5.56 Å². The Kier molecular flexibility index (Phi) is 11.0. The maximum Gasteiger partial charge on any atom is 0.194 e. The number of guanidine groups is 1. The van der Waals surface area contributed by atoms with E-state index in [2.05, 4.69) is 34.5 Å². The van der Waals surface area contributed by atoms with Crippen molar-refractivity contribution in [2.45, 2.75) is 13.1 Å². The van der Waals surface area contributed by atoms with Crippen LogP contribution in [0, 0.1) is 0 Å². The van der Waals surface area contributed by atoms with Crippen LogP contribution in [0.2, 0.25) is 0 Å². The van der Waals surface area contributed by atoms with Gasteiger partial charge in [0.05, 0.1) is 19.8 Å². The Balaban J connectivity index is 0.00000320. The van der Waals surface area contributed by atoms with Crippen molar-refractivity contribution in [2.24, 2.45) is 4.99 Å². The van der Waals surface area contributed by atoms with Gasteiger partial charge in [-0.1, -0.05) is 42.5 Å². The lowest BCUT2D eigenvalue weighted by Crippen LogP contribution is -2.38. The van der Waals surface area contributed by atoms with Gasteiger partial charge in [0.1, 0.15) is 12.4 Å². The number of nitrogens with one attached hydrogen (secondary N) is 1. The molecule has 0 radical (unpaired) electrons. The Hall–Kier alpha value is -1.84. The van der Waals surface area contributed by atoms with Crippen molar-refractivity contribution < 1.29 is 9.47 Å². The van der Waals surface area contributed by atoms with Gasteiger partial charge in [0.2, 0.25) is 0 Å². The minimum atomic E-state index is 0. The van der Waals surface area contributed by atoms with Crippen LogP contribution in [-0.4, -0.2) is 69.3 Å². The van der Waals surface area contributed by atoms with Crippen LogP contribution in [-0.2, 0) is 17.8 Å². The molecule has 0 aromatic heterocycles. The number of nitrogens with zero attached hydrogens (tertiary/aromatic N) is 3. The van der Waals surface area contributed by atoms with Gasteiger partial charge >= 0.3 is 0 Å². The van der Waals surface area contributed by atoms with Gasteiger partial charge in [-0.25, -0.2) is 4.99 Å². The Morgan fingerprint density at radius 1 is 1.07 bits per heavy atom. The van der Waals surface area contributed by atoms with Crippen molar-refractivity contribution in [3.8, 4) is 5.75 Å². The van der Waals surface area contributed by atoms with Crippen molar-refractivity contribution in [2.75, 3.05) is 53.6 Å². The minimum absolute atomic E-state index is 0. The molecule has 0 unspecified atom stereocenters. The first kappa shape index (κ1) is 24.4. The molecule has 164 valence electrons. The third kappa shape index (κ3) is 8.49. The van der Waals surface area contributed by atoms with Crippen LogP contribution < -0.4 is 10.1 Å². The van der Waals surface area contributed by atoms with Crippen molar-refractivity contribution in [3.63, 3.8) is 0 Å². The number of hydrogen-bond donors (Lipinski definition) is 1. The van der Waals surface area contributed by atoms with E-state index in [-0.39, 0.29) is 24.0 Å². The molecule has 30 heavy (non-hydrogen) atoms. The fourth-order valence-electron chi connectivity index (χ4n) is 3.15. The summed E-state index contributed by atoms with van der Waals surface area (Å²) >= 11 is 0. The van der Waals surface area contributed by atoms with Crippen molar-refractivity contribution >= 4 is 29.9 Å². The number of halogens is 1. The number of hydrogen-bond acceptors (Lipinski definition) is 4. The molecule has 1 fully saturated rings. The van der Waals surface area contributed by atoms with E-state index in [0.29, 0.717) is 13.2 Å². The fraction of sp³-hybridized carbons (Fsp3) is 0.435. The molecule has 7 heteroatoms. The monoisotopic (exact) mass is 524 g/mol. The van der Waals surface area contributed by atoms with Crippen molar-refractivity contribution in [1.82, 2.24) is 15.1 Å². The first-order chi connectivity index (χ1) is 14.2.